The highest BCUT2D eigenvalue weighted by Crippen LogP contribution is 2.21. The van der Waals surface area contributed by atoms with E-state index in [1.165, 1.54) is 9.75 Å². The quantitative estimate of drug-likeness (QED) is 0.915. The second-order valence-corrected chi connectivity index (χ2v) is 7.04. The van der Waals surface area contributed by atoms with E-state index in [1.807, 2.05) is 0 Å². The van der Waals surface area contributed by atoms with Gasteiger partial charge in [0.2, 0.25) is 5.91 Å². The summed E-state index contributed by atoms with van der Waals surface area (Å²) in [6, 6.07) is 4.25. The number of carbonyl (C=O) groups excluding carboxylic acids is 1. The van der Waals surface area contributed by atoms with Crippen molar-refractivity contribution in [3.05, 3.63) is 40.5 Å². The first-order valence-electron chi connectivity index (χ1n) is 8.12. The van der Waals surface area contributed by atoms with Gasteiger partial charge in [0.25, 0.3) is 0 Å². The fourth-order valence-electron chi connectivity index (χ4n) is 2.88. The molecule has 1 aliphatic heterocycles. The Morgan fingerprint density at radius 1 is 1.39 bits per heavy atom. The van der Waals surface area contributed by atoms with E-state index >= 15 is 0 Å². The SMILES string of the molecule is CCc1ccc(CNC(=O)[C@@H]2CCCN(c3cnccn3)C2)s1. The van der Waals surface area contributed by atoms with Crippen LogP contribution >= 0.6 is 11.3 Å². The van der Waals surface area contributed by atoms with E-state index in [-0.39, 0.29) is 11.8 Å². The first-order chi connectivity index (χ1) is 11.3. The van der Waals surface area contributed by atoms with Crippen LogP contribution in [-0.2, 0) is 17.8 Å². The van der Waals surface area contributed by atoms with Crippen LogP contribution in [0.15, 0.2) is 30.7 Å². The number of thiophene rings is 1. The second kappa shape index (κ2) is 7.55. The Hall–Kier alpha value is -1.95. The van der Waals surface area contributed by atoms with Crippen molar-refractivity contribution in [2.75, 3.05) is 18.0 Å². The summed E-state index contributed by atoms with van der Waals surface area (Å²) in [7, 11) is 0. The monoisotopic (exact) mass is 330 g/mol. The molecule has 0 spiro atoms. The largest absolute Gasteiger partial charge is 0.355 e. The molecule has 5 nitrogen and oxygen atoms in total. The lowest BCUT2D eigenvalue weighted by Gasteiger charge is -2.32. The molecule has 3 heterocycles. The van der Waals surface area contributed by atoms with E-state index in [1.54, 1.807) is 29.9 Å². The maximum absolute atomic E-state index is 12.5. The number of amides is 1. The van der Waals surface area contributed by atoms with Crippen LogP contribution in [0.1, 0.15) is 29.5 Å². The van der Waals surface area contributed by atoms with E-state index in [2.05, 4.69) is 39.2 Å². The van der Waals surface area contributed by atoms with Crippen molar-refractivity contribution in [3.63, 3.8) is 0 Å². The topological polar surface area (TPSA) is 58.1 Å². The summed E-state index contributed by atoms with van der Waals surface area (Å²) in [4.78, 5) is 25.6. The Morgan fingerprint density at radius 3 is 3.00 bits per heavy atom. The standard InChI is InChI=1S/C17H22N4OS/c1-2-14-5-6-15(23-14)10-20-17(22)13-4-3-9-21(12-13)16-11-18-7-8-19-16/h5-8,11,13H,2-4,9-10,12H2,1H3,(H,20,22)/t13-/m1/s1. The van der Waals surface area contributed by atoms with Crippen molar-refractivity contribution in [1.29, 1.82) is 0 Å². The predicted molar refractivity (Wildman–Crippen MR) is 92.5 cm³/mol. The van der Waals surface area contributed by atoms with Gasteiger partial charge < -0.3 is 10.2 Å². The zero-order chi connectivity index (χ0) is 16.1. The van der Waals surface area contributed by atoms with Gasteiger partial charge in [0.1, 0.15) is 5.82 Å². The first-order valence-corrected chi connectivity index (χ1v) is 8.94. The smallest absolute Gasteiger partial charge is 0.225 e. The molecular weight excluding hydrogens is 308 g/mol. The van der Waals surface area contributed by atoms with Crippen molar-refractivity contribution >= 4 is 23.1 Å². The van der Waals surface area contributed by atoms with E-state index in [0.29, 0.717) is 6.54 Å². The maximum atomic E-state index is 12.5. The van der Waals surface area contributed by atoms with Gasteiger partial charge in [0.05, 0.1) is 18.7 Å². The molecule has 0 unspecified atom stereocenters. The molecule has 0 aromatic carbocycles. The van der Waals surface area contributed by atoms with Gasteiger partial charge in [-0.15, -0.1) is 11.3 Å². The van der Waals surface area contributed by atoms with Gasteiger partial charge in [0.15, 0.2) is 0 Å². The number of nitrogens with one attached hydrogen (secondary N) is 1. The van der Waals surface area contributed by atoms with Crippen LogP contribution in [-0.4, -0.2) is 29.0 Å². The summed E-state index contributed by atoms with van der Waals surface area (Å²) >= 11 is 1.78. The summed E-state index contributed by atoms with van der Waals surface area (Å²) in [6.07, 6.45) is 8.12. The molecule has 1 amide bonds. The Morgan fingerprint density at radius 2 is 2.26 bits per heavy atom. The van der Waals surface area contributed by atoms with Crippen LogP contribution in [0, 0.1) is 5.92 Å². The van der Waals surface area contributed by atoms with Gasteiger partial charge in [-0.05, 0) is 31.4 Å². The second-order valence-electron chi connectivity index (χ2n) is 5.79. The van der Waals surface area contributed by atoms with Crippen LogP contribution in [0.3, 0.4) is 0 Å². The van der Waals surface area contributed by atoms with Gasteiger partial charge in [-0.2, -0.15) is 0 Å². The Labute approximate surface area is 140 Å². The van der Waals surface area contributed by atoms with Gasteiger partial charge in [-0.3, -0.25) is 9.78 Å². The molecule has 0 radical (unpaired) electrons. The molecular formula is C17H22N4OS. The molecule has 23 heavy (non-hydrogen) atoms. The van der Waals surface area contributed by atoms with E-state index in [0.717, 1.165) is 38.2 Å². The summed E-state index contributed by atoms with van der Waals surface area (Å²) in [5.41, 5.74) is 0. The Kier molecular flexibility index (Phi) is 5.23. The number of aromatic nitrogens is 2. The molecule has 6 heteroatoms. The minimum absolute atomic E-state index is 0.0244. The molecule has 1 atom stereocenters. The van der Waals surface area contributed by atoms with E-state index < -0.39 is 0 Å². The number of nitrogens with zero attached hydrogens (tertiary/aromatic N) is 3. The van der Waals surface area contributed by atoms with Crippen molar-refractivity contribution in [1.82, 2.24) is 15.3 Å². The molecule has 122 valence electrons. The number of anilines is 1. The van der Waals surface area contributed by atoms with Crippen LogP contribution in [0.2, 0.25) is 0 Å². The van der Waals surface area contributed by atoms with Gasteiger partial charge >= 0.3 is 0 Å². The summed E-state index contributed by atoms with van der Waals surface area (Å²) in [5, 5.41) is 3.09. The van der Waals surface area contributed by atoms with Crippen LogP contribution < -0.4 is 10.2 Å². The van der Waals surface area contributed by atoms with Crippen molar-refractivity contribution in [3.8, 4) is 0 Å². The maximum Gasteiger partial charge on any atom is 0.225 e. The minimum Gasteiger partial charge on any atom is -0.355 e. The summed E-state index contributed by atoms with van der Waals surface area (Å²) in [6.45, 7) is 4.44. The Balaban J connectivity index is 1.54. The Bertz CT molecular complexity index is 643. The molecule has 1 saturated heterocycles. The molecule has 1 aliphatic rings. The van der Waals surface area contributed by atoms with Gasteiger partial charge in [0, 0.05) is 35.2 Å². The summed E-state index contributed by atoms with van der Waals surface area (Å²) < 4.78 is 0. The number of aryl methyl sites for hydroxylation is 1. The van der Waals surface area contributed by atoms with Crippen LogP contribution in [0.4, 0.5) is 5.82 Å². The third-order valence-corrected chi connectivity index (χ3v) is 5.40. The van der Waals surface area contributed by atoms with Crippen molar-refractivity contribution in [2.24, 2.45) is 5.92 Å². The van der Waals surface area contributed by atoms with Gasteiger partial charge in [-0.1, -0.05) is 6.92 Å². The number of rotatable bonds is 5. The van der Waals surface area contributed by atoms with E-state index in [9.17, 15) is 4.79 Å². The number of hydrogen-bond donors (Lipinski definition) is 1. The van der Waals surface area contributed by atoms with Crippen molar-refractivity contribution < 1.29 is 4.79 Å². The predicted octanol–water partition coefficient (Wildman–Crippen LogP) is 2.63. The molecule has 0 saturated carbocycles. The lowest BCUT2D eigenvalue weighted by molar-refractivity contribution is -0.125. The number of hydrogen-bond acceptors (Lipinski definition) is 5. The van der Waals surface area contributed by atoms with Gasteiger partial charge in [-0.25, -0.2) is 4.98 Å². The molecule has 0 bridgehead atoms. The van der Waals surface area contributed by atoms with Crippen molar-refractivity contribution in [2.45, 2.75) is 32.7 Å². The molecule has 3 rings (SSSR count). The highest BCUT2D eigenvalue weighted by Gasteiger charge is 2.26. The first kappa shape index (κ1) is 15.9. The third kappa shape index (κ3) is 4.07. The van der Waals surface area contributed by atoms with Crippen LogP contribution in [0.5, 0.6) is 0 Å². The lowest BCUT2D eigenvalue weighted by atomic mass is 9.97. The number of piperidine rings is 1. The molecule has 0 aliphatic carbocycles. The molecule has 2 aromatic heterocycles. The average molecular weight is 330 g/mol. The highest BCUT2D eigenvalue weighted by atomic mass is 32.1. The molecule has 1 fully saturated rings. The third-order valence-electron chi connectivity index (χ3n) is 4.17. The molecule has 1 N–H and O–H groups in total. The highest BCUT2D eigenvalue weighted by molar-refractivity contribution is 7.11. The zero-order valence-electron chi connectivity index (χ0n) is 13.4. The van der Waals surface area contributed by atoms with Crippen LogP contribution in [0.25, 0.3) is 0 Å². The fraction of sp³-hybridized carbons (Fsp3) is 0.471. The zero-order valence-corrected chi connectivity index (χ0v) is 14.2. The van der Waals surface area contributed by atoms with E-state index in [4.69, 9.17) is 0 Å². The fourth-order valence-corrected chi connectivity index (χ4v) is 3.78. The molecule has 2 aromatic rings. The summed E-state index contributed by atoms with van der Waals surface area (Å²) in [5.74, 6) is 1.03. The average Bonchev–Trinajstić information content (AvgIpc) is 3.09. The normalized spacial score (nSPS) is 18.0. The minimum atomic E-state index is 0.0244. The lowest BCUT2D eigenvalue weighted by Crippen LogP contribution is -2.43. The number of carbonyl (C=O) groups is 1.